The molecular weight excluding hydrogens is 241 g/mol. The van der Waals surface area contributed by atoms with Gasteiger partial charge in [0.25, 0.3) is 0 Å². The zero-order valence-corrected chi connectivity index (χ0v) is 11.4. The fourth-order valence-electron chi connectivity index (χ4n) is 2.24. The molecule has 102 valence electrons. The van der Waals surface area contributed by atoms with Gasteiger partial charge in [0.1, 0.15) is 5.82 Å². The lowest BCUT2D eigenvalue weighted by atomic mass is 9.93. The number of likely N-dealkylation sites (N-methyl/N-ethyl adjacent to an activating group) is 1. The van der Waals surface area contributed by atoms with Crippen molar-refractivity contribution < 1.29 is 4.39 Å². The molecule has 1 heterocycles. The quantitative estimate of drug-likeness (QED) is 0.866. The van der Waals surface area contributed by atoms with Crippen molar-refractivity contribution in [1.82, 2.24) is 15.1 Å². The van der Waals surface area contributed by atoms with E-state index in [1.807, 2.05) is 31.4 Å². The van der Waals surface area contributed by atoms with Gasteiger partial charge in [-0.25, -0.2) is 4.39 Å². The van der Waals surface area contributed by atoms with E-state index in [9.17, 15) is 4.39 Å². The first-order valence-corrected chi connectivity index (χ1v) is 6.64. The third-order valence-corrected chi connectivity index (χ3v) is 3.21. The Hall–Kier alpha value is -1.68. The molecule has 0 radical (unpaired) electrons. The minimum atomic E-state index is -0.138. The molecule has 4 heteroatoms. The summed E-state index contributed by atoms with van der Waals surface area (Å²) in [6.45, 7) is 3.69. The molecule has 0 saturated carbocycles. The van der Waals surface area contributed by atoms with Crippen LogP contribution in [-0.2, 0) is 13.5 Å². The molecule has 3 nitrogen and oxygen atoms in total. The van der Waals surface area contributed by atoms with Crippen LogP contribution in [0.3, 0.4) is 0 Å². The lowest BCUT2D eigenvalue weighted by molar-refractivity contribution is 0.539. The maximum Gasteiger partial charge on any atom is 0.126 e. The molecule has 0 spiro atoms. The average Bonchev–Trinajstić information content (AvgIpc) is 2.81. The summed E-state index contributed by atoms with van der Waals surface area (Å²) in [4.78, 5) is 0. The summed E-state index contributed by atoms with van der Waals surface area (Å²) in [6, 6.07) is 8.98. The fraction of sp³-hybridized carbons (Fsp3) is 0.400. The number of hydrogen-bond acceptors (Lipinski definition) is 2. The molecule has 19 heavy (non-hydrogen) atoms. The number of aromatic nitrogens is 2. The van der Waals surface area contributed by atoms with Crippen molar-refractivity contribution in [3.05, 3.63) is 53.6 Å². The first-order chi connectivity index (χ1) is 9.20. The number of hydrogen-bond donors (Lipinski definition) is 1. The van der Waals surface area contributed by atoms with Gasteiger partial charge >= 0.3 is 0 Å². The first kappa shape index (κ1) is 13.7. The van der Waals surface area contributed by atoms with E-state index in [0.29, 0.717) is 0 Å². The number of benzene rings is 1. The second kappa shape index (κ2) is 6.48. The van der Waals surface area contributed by atoms with Gasteiger partial charge in [0.2, 0.25) is 0 Å². The molecule has 0 aliphatic carbocycles. The molecule has 1 aromatic carbocycles. The third kappa shape index (κ3) is 3.64. The van der Waals surface area contributed by atoms with Crippen LogP contribution >= 0.6 is 0 Å². The monoisotopic (exact) mass is 261 g/mol. The van der Waals surface area contributed by atoms with Gasteiger partial charge in [0.05, 0.1) is 5.69 Å². The lowest BCUT2D eigenvalue weighted by Gasteiger charge is -2.17. The van der Waals surface area contributed by atoms with Gasteiger partial charge < -0.3 is 5.32 Å². The maximum atomic E-state index is 13.9. The van der Waals surface area contributed by atoms with Gasteiger partial charge in [-0.15, -0.1) is 0 Å². The molecule has 0 aliphatic rings. The molecule has 0 saturated heterocycles. The maximum absolute atomic E-state index is 13.9. The molecule has 1 unspecified atom stereocenters. The van der Waals surface area contributed by atoms with Gasteiger partial charge in [-0.1, -0.05) is 25.1 Å². The van der Waals surface area contributed by atoms with Gasteiger partial charge in [0.15, 0.2) is 0 Å². The molecule has 0 aliphatic heterocycles. The van der Waals surface area contributed by atoms with Crippen molar-refractivity contribution in [2.24, 2.45) is 7.05 Å². The minimum absolute atomic E-state index is 0.107. The van der Waals surface area contributed by atoms with Crippen LogP contribution in [0.15, 0.2) is 36.5 Å². The summed E-state index contributed by atoms with van der Waals surface area (Å²) in [5.41, 5.74) is 1.75. The largest absolute Gasteiger partial charge is 0.316 e. The highest BCUT2D eigenvalue weighted by Crippen LogP contribution is 2.22. The van der Waals surface area contributed by atoms with Gasteiger partial charge in [0, 0.05) is 25.7 Å². The molecule has 0 bridgehead atoms. The van der Waals surface area contributed by atoms with Crippen LogP contribution in [0.5, 0.6) is 0 Å². The van der Waals surface area contributed by atoms with E-state index in [1.165, 1.54) is 6.07 Å². The highest BCUT2D eigenvalue weighted by Gasteiger charge is 2.16. The van der Waals surface area contributed by atoms with Crippen molar-refractivity contribution in [2.75, 3.05) is 13.1 Å². The Balaban J connectivity index is 2.18. The average molecular weight is 261 g/mol. The van der Waals surface area contributed by atoms with Gasteiger partial charge in [-0.3, -0.25) is 4.68 Å². The zero-order valence-electron chi connectivity index (χ0n) is 11.4. The van der Waals surface area contributed by atoms with Crippen LogP contribution < -0.4 is 5.32 Å². The highest BCUT2D eigenvalue weighted by atomic mass is 19.1. The predicted molar refractivity (Wildman–Crippen MR) is 74.6 cm³/mol. The zero-order chi connectivity index (χ0) is 13.7. The number of halogens is 1. The third-order valence-electron chi connectivity index (χ3n) is 3.21. The number of nitrogens with zero attached hydrogens (tertiary/aromatic N) is 2. The summed E-state index contributed by atoms with van der Waals surface area (Å²) in [6.07, 6.45) is 2.66. The molecule has 2 rings (SSSR count). The van der Waals surface area contributed by atoms with Crippen LogP contribution in [0.25, 0.3) is 0 Å². The van der Waals surface area contributed by atoms with Gasteiger partial charge in [-0.2, -0.15) is 5.10 Å². The standard InChI is InChI=1S/C15H20FN3/c1-3-17-11-12(10-13-8-9-19(2)18-13)14-6-4-5-7-15(14)16/h4-9,12,17H,3,10-11H2,1-2H3. The second-order valence-corrected chi connectivity index (χ2v) is 4.71. The van der Waals surface area contributed by atoms with E-state index in [0.717, 1.165) is 30.8 Å². The second-order valence-electron chi connectivity index (χ2n) is 4.71. The van der Waals surface area contributed by atoms with E-state index in [-0.39, 0.29) is 11.7 Å². The Kier molecular flexibility index (Phi) is 4.68. The molecular formula is C15H20FN3. The Morgan fingerprint density at radius 1 is 1.32 bits per heavy atom. The fourth-order valence-corrected chi connectivity index (χ4v) is 2.24. The molecule has 1 N–H and O–H groups in total. The number of rotatable bonds is 6. The van der Waals surface area contributed by atoms with E-state index >= 15 is 0 Å². The Labute approximate surface area is 113 Å². The summed E-state index contributed by atoms with van der Waals surface area (Å²) in [5.74, 6) is -0.0302. The SMILES string of the molecule is CCNCC(Cc1ccn(C)n1)c1ccccc1F. The van der Waals surface area contributed by atoms with Gasteiger partial charge in [-0.05, 0) is 30.7 Å². The van der Waals surface area contributed by atoms with Crippen LogP contribution in [0, 0.1) is 5.82 Å². The Morgan fingerprint density at radius 2 is 2.11 bits per heavy atom. The van der Waals surface area contributed by atoms with Crippen LogP contribution in [0.1, 0.15) is 24.1 Å². The highest BCUT2D eigenvalue weighted by molar-refractivity contribution is 5.24. The van der Waals surface area contributed by atoms with Crippen molar-refractivity contribution in [3.63, 3.8) is 0 Å². The van der Waals surface area contributed by atoms with E-state index in [2.05, 4.69) is 17.3 Å². The smallest absolute Gasteiger partial charge is 0.126 e. The molecule has 0 fully saturated rings. The van der Waals surface area contributed by atoms with Crippen molar-refractivity contribution in [3.8, 4) is 0 Å². The number of aryl methyl sites for hydroxylation is 1. The Bertz CT molecular complexity index is 522. The van der Waals surface area contributed by atoms with E-state index in [4.69, 9.17) is 0 Å². The van der Waals surface area contributed by atoms with Crippen LogP contribution in [0.4, 0.5) is 4.39 Å². The molecule has 1 atom stereocenters. The normalized spacial score (nSPS) is 12.6. The van der Waals surface area contributed by atoms with E-state index < -0.39 is 0 Å². The predicted octanol–water partition coefficient (Wildman–Crippen LogP) is 2.50. The first-order valence-electron chi connectivity index (χ1n) is 6.64. The molecule has 1 aromatic heterocycles. The Morgan fingerprint density at radius 3 is 2.74 bits per heavy atom. The molecule has 2 aromatic rings. The summed E-state index contributed by atoms with van der Waals surface area (Å²) >= 11 is 0. The van der Waals surface area contributed by atoms with Crippen molar-refractivity contribution in [2.45, 2.75) is 19.3 Å². The van der Waals surface area contributed by atoms with Crippen molar-refractivity contribution >= 4 is 0 Å². The summed E-state index contributed by atoms with van der Waals surface area (Å²) < 4.78 is 15.7. The van der Waals surface area contributed by atoms with Crippen molar-refractivity contribution in [1.29, 1.82) is 0 Å². The number of nitrogens with one attached hydrogen (secondary N) is 1. The van der Waals surface area contributed by atoms with Crippen LogP contribution in [-0.4, -0.2) is 22.9 Å². The molecule has 0 amide bonds. The minimum Gasteiger partial charge on any atom is -0.316 e. The summed E-state index contributed by atoms with van der Waals surface area (Å²) in [7, 11) is 1.89. The topological polar surface area (TPSA) is 29.9 Å². The lowest BCUT2D eigenvalue weighted by Crippen LogP contribution is -2.23. The van der Waals surface area contributed by atoms with E-state index in [1.54, 1.807) is 10.7 Å². The van der Waals surface area contributed by atoms with Crippen LogP contribution in [0.2, 0.25) is 0 Å². The summed E-state index contributed by atoms with van der Waals surface area (Å²) in [5, 5.41) is 7.68.